The van der Waals surface area contributed by atoms with E-state index in [0.29, 0.717) is 38.2 Å². The lowest BCUT2D eigenvalue weighted by molar-refractivity contribution is -0.274. The molecule has 60 heavy (non-hydrogen) atoms. The number of carbonyl (C=O) groups excluding carboxylic acids is 6. The van der Waals surface area contributed by atoms with Gasteiger partial charge in [-0.15, -0.1) is 13.2 Å². The molecule has 2 aromatic carbocycles. The van der Waals surface area contributed by atoms with E-state index in [0.717, 1.165) is 36.4 Å². The average molecular weight is 850 g/mol. The van der Waals surface area contributed by atoms with E-state index in [1.165, 1.54) is 21.6 Å². The lowest BCUT2D eigenvalue weighted by Crippen LogP contribution is -2.61. The number of amides is 6. The molecular formula is C40H48F5N7O8. The third-order valence-electron chi connectivity index (χ3n) is 11.1. The van der Waals surface area contributed by atoms with Crippen molar-refractivity contribution in [3.05, 3.63) is 59.7 Å². The minimum atomic E-state index is -4.93. The summed E-state index contributed by atoms with van der Waals surface area (Å²) in [6.07, 6.45) is -2.45. The number of urea groups is 1. The maximum atomic E-state index is 14.5. The number of anilines is 1. The average Bonchev–Trinajstić information content (AvgIpc) is 3.83. The number of piperidine rings is 1. The van der Waals surface area contributed by atoms with Gasteiger partial charge in [0.1, 0.15) is 54.2 Å². The molecule has 4 N–H and O–H groups in total. The van der Waals surface area contributed by atoms with Gasteiger partial charge in [0, 0.05) is 44.0 Å². The van der Waals surface area contributed by atoms with Crippen molar-refractivity contribution in [2.24, 2.45) is 5.92 Å². The van der Waals surface area contributed by atoms with Crippen molar-refractivity contribution < 1.29 is 60.2 Å². The Morgan fingerprint density at radius 3 is 2.23 bits per heavy atom. The van der Waals surface area contributed by atoms with Gasteiger partial charge in [-0.1, -0.05) is 6.92 Å². The van der Waals surface area contributed by atoms with Crippen LogP contribution in [-0.2, 0) is 35.1 Å². The molecule has 0 unspecified atom stereocenters. The minimum Gasteiger partial charge on any atom is -0.462 e. The lowest BCUT2D eigenvalue weighted by atomic mass is 9.99. The quantitative estimate of drug-likeness (QED) is 0.230. The summed E-state index contributed by atoms with van der Waals surface area (Å²) in [7, 11) is 0. The standard InChI is InChI=1S/C40H48F5N7O8/c1-22-14-33-38(57)59-21-30(36(55)51-13-5-7-32(51)37(56)50-12-4-3-6-31(50)34(53)47-23(2)35(54)52(33)20-22)46-19-28(17-24-15-25(41)18-26(42)16-24)49-39(58)48-27-8-10-29(11-9-27)60-40(43,44)45/h8-11,15-16,18,22-23,28,30-33,46H,3-7,12-14,17,19-21H2,1-2H3,(H,47,53)(H2,48,49,58)/t22-,23+,28+,30+,31+,32+,33+/m1/s1. The first-order valence-corrected chi connectivity index (χ1v) is 20.0. The van der Waals surface area contributed by atoms with Crippen LogP contribution in [0.15, 0.2) is 42.5 Å². The van der Waals surface area contributed by atoms with E-state index in [1.807, 2.05) is 6.92 Å². The van der Waals surface area contributed by atoms with E-state index in [-0.39, 0.29) is 56.2 Å². The summed E-state index contributed by atoms with van der Waals surface area (Å²) in [5.41, 5.74) is 0.204. The fourth-order valence-electron chi connectivity index (χ4n) is 8.32. The Balaban J connectivity index is 1.26. The Kier molecular flexibility index (Phi) is 13.8. The lowest BCUT2D eigenvalue weighted by Gasteiger charge is -2.39. The summed E-state index contributed by atoms with van der Waals surface area (Å²) in [5.74, 6) is -5.25. The first-order chi connectivity index (χ1) is 28.4. The van der Waals surface area contributed by atoms with Crippen molar-refractivity contribution in [2.75, 3.05) is 38.1 Å². The molecule has 6 rings (SSSR count). The van der Waals surface area contributed by atoms with Gasteiger partial charge in [0.25, 0.3) is 0 Å². The fraction of sp³-hybridized carbons (Fsp3) is 0.550. The third-order valence-corrected chi connectivity index (χ3v) is 11.1. The van der Waals surface area contributed by atoms with E-state index in [2.05, 4.69) is 26.0 Å². The van der Waals surface area contributed by atoms with Gasteiger partial charge in [-0.25, -0.2) is 18.4 Å². The molecule has 15 nitrogen and oxygen atoms in total. The van der Waals surface area contributed by atoms with Crippen molar-refractivity contribution in [2.45, 2.75) is 101 Å². The molecule has 4 fully saturated rings. The Bertz CT molecular complexity index is 1920. The number of hydrogen-bond donors (Lipinski definition) is 4. The topological polar surface area (TPSA) is 179 Å². The van der Waals surface area contributed by atoms with Crippen LogP contribution in [0.25, 0.3) is 0 Å². The number of ether oxygens (including phenoxy) is 2. The van der Waals surface area contributed by atoms with Crippen LogP contribution in [0, 0.1) is 17.6 Å². The first kappa shape index (κ1) is 44.0. The number of rotatable bonds is 8. The molecule has 7 atom stereocenters. The summed E-state index contributed by atoms with van der Waals surface area (Å²) in [5, 5.41) is 10.9. The molecule has 0 aliphatic carbocycles. The molecule has 20 heteroatoms. The highest BCUT2D eigenvalue weighted by atomic mass is 19.4. The molecule has 2 aromatic rings. The predicted octanol–water partition coefficient (Wildman–Crippen LogP) is 3.23. The largest absolute Gasteiger partial charge is 0.573 e. The van der Waals surface area contributed by atoms with Crippen LogP contribution >= 0.6 is 0 Å². The molecule has 4 saturated heterocycles. The molecular weight excluding hydrogens is 801 g/mol. The molecule has 4 aliphatic rings. The SMILES string of the molecule is C[C@@H]1C[C@H]2C(=O)OC[C@H](NC[C@H](Cc3cc(F)cc(F)c3)NC(=O)Nc3ccc(OC(F)(F)F)cc3)C(=O)N3CCC[C@H]3C(=O)N3CCCC[C@H]3C(=O)N[C@@H](C)C(=O)N2C1. The number of fused-ring (bicyclic) bond motifs is 3. The molecule has 326 valence electrons. The number of esters is 1. The Labute approximate surface area is 342 Å². The van der Waals surface area contributed by atoms with Gasteiger partial charge in [-0.3, -0.25) is 19.2 Å². The third kappa shape index (κ3) is 11.0. The molecule has 4 heterocycles. The zero-order valence-electron chi connectivity index (χ0n) is 33.1. The van der Waals surface area contributed by atoms with E-state index in [1.54, 1.807) is 0 Å². The van der Waals surface area contributed by atoms with Gasteiger partial charge in [0.15, 0.2) is 0 Å². The maximum Gasteiger partial charge on any atom is 0.573 e. The Hall–Kier alpha value is -5.53. The summed E-state index contributed by atoms with van der Waals surface area (Å²) in [4.78, 5) is 87.2. The van der Waals surface area contributed by atoms with E-state index >= 15 is 0 Å². The van der Waals surface area contributed by atoms with Gasteiger partial charge < -0.3 is 45.4 Å². The second kappa shape index (κ2) is 18.8. The monoisotopic (exact) mass is 849 g/mol. The highest BCUT2D eigenvalue weighted by Crippen LogP contribution is 2.28. The molecule has 6 amide bonds. The summed E-state index contributed by atoms with van der Waals surface area (Å²) in [6, 6.07) is 0.00833. The van der Waals surface area contributed by atoms with Crippen LogP contribution in [0.3, 0.4) is 0 Å². The number of nitrogens with zero attached hydrogens (tertiary/aromatic N) is 3. The highest BCUT2D eigenvalue weighted by molar-refractivity contribution is 5.96. The van der Waals surface area contributed by atoms with Crippen LogP contribution in [0.1, 0.15) is 57.9 Å². The van der Waals surface area contributed by atoms with Gasteiger partial charge in [-0.2, -0.15) is 0 Å². The van der Waals surface area contributed by atoms with Gasteiger partial charge >= 0.3 is 18.4 Å². The van der Waals surface area contributed by atoms with Crippen molar-refractivity contribution in [1.82, 2.24) is 30.7 Å². The number of nitrogens with one attached hydrogen (secondary N) is 4. The number of carbonyl (C=O) groups is 6. The normalized spacial score (nSPS) is 26.1. The molecule has 0 spiro atoms. The van der Waals surface area contributed by atoms with Gasteiger partial charge in [0.05, 0.1) is 0 Å². The Morgan fingerprint density at radius 2 is 1.53 bits per heavy atom. The number of benzene rings is 2. The van der Waals surface area contributed by atoms with Crippen LogP contribution in [0.2, 0.25) is 0 Å². The molecule has 0 saturated carbocycles. The molecule has 0 bridgehead atoms. The summed E-state index contributed by atoms with van der Waals surface area (Å²) >= 11 is 0. The van der Waals surface area contributed by atoms with Crippen LogP contribution in [0.5, 0.6) is 5.75 Å². The van der Waals surface area contributed by atoms with Crippen molar-refractivity contribution in [3.63, 3.8) is 0 Å². The van der Waals surface area contributed by atoms with E-state index in [4.69, 9.17) is 4.74 Å². The predicted molar refractivity (Wildman–Crippen MR) is 203 cm³/mol. The Morgan fingerprint density at radius 1 is 0.867 bits per heavy atom. The highest BCUT2D eigenvalue weighted by Gasteiger charge is 2.45. The zero-order valence-corrected chi connectivity index (χ0v) is 33.1. The van der Waals surface area contributed by atoms with E-state index in [9.17, 15) is 50.7 Å². The zero-order chi connectivity index (χ0) is 43.3. The second-order valence-electron chi connectivity index (χ2n) is 15.8. The van der Waals surface area contributed by atoms with E-state index < -0.39 is 102 Å². The van der Waals surface area contributed by atoms with Crippen molar-refractivity contribution >= 4 is 41.3 Å². The minimum absolute atomic E-state index is 0.0754. The van der Waals surface area contributed by atoms with Crippen LogP contribution in [-0.4, -0.2) is 126 Å². The first-order valence-electron chi connectivity index (χ1n) is 20.0. The number of hydrogen-bond acceptors (Lipinski definition) is 9. The van der Waals surface area contributed by atoms with Gasteiger partial charge in [-0.05, 0) is 99.7 Å². The van der Waals surface area contributed by atoms with Crippen molar-refractivity contribution in [3.8, 4) is 5.75 Å². The molecule has 4 aliphatic heterocycles. The smallest absolute Gasteiger partial charge is 0.462 e. The van der Waals surface area contributed by atoms with Crippen molar-refractivity contribution in [1.29, 1.82) is 0 Å². The molecule has 0 aromatic heterocycles. The van der Waals surface area contributed by atoms with Crippen LogP contribution in [0.4, 0.5) is 32.4 Å². The summed E-state index contributed by atoms with van der Waals surface area (Å²) < 4.78 is 76.1. The second-order valence-corrected chi connectivity index (χ2v) is 15.8. The van der Waals surface area contributed by atoms with Gasteiger partial charge in [0.2, 0.25) is 23.6 Å². The fourth-order valence-corrected chi connectivity index (χ4v) is 8.32. The maximum absolute atomic E-state index is 14.5. The van der Waals surface area contributed by atoms with Crippen LogP contribution < -0.4 is 26.0 Å². The molecule has 0 radical (unpaired) electrons. The number of halogens is 5. The number of cyclic esters (lactones) is 1. The summed E-state index contributed by atoms with van der Waals surface area (Å²) in [6.45, 7) is 3.21. The number of alkyl halides is 3.